The first kappa shape index (κ1) is 20.5. The first-order valence-corrected chi connectivity index (χ1v) is 11.3. The first-order valence-electron chi connectivity index (χ1n) is 7.99. The third-order valence-electron chi connectivity index (χ3n) is 3.62. The fourth-order valence-electron chi connectivity index (χ4n) is 2.44. The molecule has 1 N–H and O–H groups in total. The SMILES string of the molecule is CN1C(NC(=O)OC(C)(C)C)=NC(c2sc3c(Br)nccc3c2Cl)CS1=O. The van der Waals surface area contributed by atoms with Gasteiger partial charge in [0.25, 0.3) is 0 Å². The van der Waals surface area contributed by atoms with Gasteiger partial charge in [0, 0.05) is 18.6 Å². The molecule has 27 heavy (non-hydrogen) atoms. The van der Waals surface area contributed by atoms with Crippen molar-refractivity contribution in [2.75, 3.05) is 12.8 Å². The van der Waals surface area contributed by atoms with Gasteiger partial charge in [0.1, 0.15) is 27.2 Å². The molecule has 1 aliphatic rings. The molecule has 1 amide bonds. The van der Waals surface area contributed by atoms with Gasteiger partial charge in [0.15, 0.2) is 0 Å². The van der Waals surface area contributed by atoms with Crippen LogP contribution in [0.2, 0.25) is 5.02 Å². The molecule has 7 nitrogen and oxygen atoms in total. The number of thiophene rings is 1. The van der Waals surface area contributed by atoms with Crippen molar-refractivity contribution in [3.8, 4) is 0 Å². The molecule has 2 atom stereocenters. The fraction of sp³-hybridized carbons (Fsp3) is 0.438. The third-order valence-corrected chi connectivity index (χ3v) is 7.70. The van der Waals surface area contributed by atoms with Crippen LogP contribution in [-0.4, -0.2) is 44.0 Å². The summed E-state index contributed by atoms with van der Waals surface area (Å²) in [5.74, 6) is 0.456. The van der Waals surface area contributed by atoms with Gasteiger partial charge < -0.3 is 4.74 Å². The molecule has 0 aromatic carbocycles. The van der Waals surface area contributed by atoms with E-state index in [0.29, 0.717) is 9.63 Å². The molecule has 11 heteroatoms. The van der Waals surface area contributed by atoms with E-state index in [1.165, 1.54) is 15.6 Å². The summed E-state index contributed by atoms with van der Waals surface area (Å²) in [6.45, 7) is 5.30. The summed E-state index contributed by atoms with van der Waals surface area (Å²) in [7, 11) is 0.239. The van der Waals surface area contributed by atoms with Crippen molar-refractivity contribution in [2.24, 2.45) is 4.99 Å². The van der Waals surface area contributed by atoms with Crippen molar-refractivity contribution >= 4 is 72.0 Å². The topological polar surface area (TPSA) is 83.9 Å². The smallest absolute Gasteiger partial charge is 0.414 e. The quantitative estimate of drug-likeness (QED) is 0.602. The molecular formula is C16H18BrClN4O3S2. The van der Waals surface area contributed by atoms with E-state index in [1.807, 2.05) is 6.07 Å². The molecule has 2 aromatic heterocycles. The van der Waals surface area contributed by atoms with Gasteiger partial charge in [-0.15, -0.1) is 11.3 Å². The minimum absolute atomic E-state index is 0.185. The van der Waals surface area contributed by atoms with Gasteiger partial charge in [-0.1, -0.05) is 11.6 Å². The van der Waals surface area contributed by atoms with Crippen LogP contribution in [0, 0.1) is 0 Å². The van der Waals surface area contributed by atoms with Gasteiger partial charge >= 0.3 is 6.09 Å². The van der Waals surface area contributed by atoms with Crippen LogP contribution >= 0.6 is 38.9 Å². The van der Waals surface area contributed by atoms with Crippen LogP contribution in [0.25, 0.3) is 10.1 Å². The zero-order valence-corrected chi connectivity index (χ0v) is 19.1. The number of amides is 1. The summed E-state index contributed by atoms with van der Waals surface area (Å²) in [6.07, 6.45) is 1.01. The van der Waals surface area contributed by atoms with E-state index >= 15 is 0 Å². The summed E-state index contributed by atoms with van der Waals surface area (Å²) in [6, 6.07) is 1.39. The van der Waals surface area contributed by atoms with E-state index in [0.717, 1.165) is 15.0 Å². The second kappa shape index (κ2) is 7.65. The Kier molecular flexibility index (Phi) is 5.81. The molecule has 1 aliphatic heterocycles. The van der Waals surface area contributed by atoms with Gasteiger partial charge in [-0.25, -0.2) is 19.0 Å². The maximum absolute atomic E-state index is 12.6. The Morgan fingerprint density at radius 3 is 2.85 bits per heavy atom. The maximum Gasteiger partial charge on any atom is 0.414 e. The molecule has 3 heterocycles. The Balaban J connectivity index is 1.95. The second-order valence-electron chi connectivity index (χ2n) is 6.84. The van der Waals surface area contributed by atoms with E-state index in [2.05, 4.69) is 31.2 Å². The molecule has 0 spiro atoms. The van der Waals surface area contributed by atoms with Crippen LogP contribution in [0.5, 0.6) is 0 Å². The Hall–Kier alpha value is -1.23. The van der Waals surface area contributed by atoms with Crippen molar-refractivity contribution < 1.29 is 13.7 Å². The van der Waals surface area contributed by atoms with Crippen LogP contribution < -0.4 is 5.32 Å². The number of carbonyl (C=O) groups excluding carboxylic acids is 1. The molecule has 0 aliphatic carbocycles. The number of aliphatic imine (C=N–C) groups is 1. The highest BCUT2D eigenvalue weighted by Crippen LogP contribution is 2.43. The number of nitrogens with one attached hydrogen (secondary N) is 1. The zero-order chi connectivity index (χ0) is 19.9. The zero-order valence-electron chi connectivity index (χ0n) is 15.1. The number of guanidine groups is 1. The molecular weight excluding hydrogens is 476 g/mol. The second-order valence-corrected chi connectivity index (χ2v) is 10.5. The van der Waals surface area contributed by atoms with Crippen LogP contribution in [0.1, 0.15) is 31.7 Å². The predicted molar refractivity (Wildman–Crippen MR) is 113 cm³/mol. The summed E-state index contributed by atoms with van der Waals surface area (Å²) in [5.41, 5.74) is -0.648. The van der Waals surface area contributed by atoms with Crippen molar-refractivity contribution in [3.05, 3.63) is 26.8 Å². The summed E-state index contributed by atoms with van der Waals surface area (Å²) >= 11 is 11.4. The number of pyridine rings is 1. The number of fused-ring (bicyclic) bond motifs is 1. The van der Waals surface area contributed by atoms with E-state index in [9.17, 15) is 9.00 Å². The van der Waals surface area contributed by atoms with Gasteiger partial charge in [-0.2, -0.15) is 0 Å². The maximum atomic E-state index is 12.6. The number of alkyl carbamates (subject to hydrolysis) is 1. The Morgan fingerprint density at radius 1 is 1.52 bits per heavy atom. The van der Waals surface area contributed by atoms with Crippen LogP contribution in [-0.2, 0) is 15.7 Å². The minimum Gasteiger partial charge on any atom is -0.444 e. The van der Waals surface area contributed by atoms with Crippen molar-refractivity contribution in [1.29, 1.82) is 0 Å². The highest BCUT2D eigenvalue weighted by Gasteiger charge is 2.31. The monoisotopic (exact) mass is 492 g/mol. The number of hydrogen-bond acceptors (Lipinski definition) is 6. The number of ether oxygens (including phenoxy) is 1. The highest BCUT2D eigenvalue weighted by atomic mass is 79.9. The van der Waals surface area contributed by atoms with E-state index in [-0.39, 0.29) is 11.7 Å². The normalized spacial score (nSPS) is 20.5. The third kappa shape index (κ3) is 4.44. The number of rotatable bonds is 1. The molecule has 0 saturated heterocycles. The van der Waals surface area contributed by atoms with Crippen LogP contribution in [0.15, 0.2) is 21.9 Å². The lowest BCUT2D eigenvalue weighted by Gasteiger charge is -2.29. The summed E-state index contributed by atoms with van der Waals surface area (Å²) < 4.78 is 20.8. The predicted octanol–water partition coefficient (Wildman–Crippen LogP) is 4.24. The van der Waals surface area contributed by atoms with Crippen LogP contribution in [0.3, 0.4) is 0 Å². The van der Waals surface area contributed by atoms with Crippen molar-refractivity contribution in [2.45, 2.75) is 32.4 Å². The lowest BCUT2D eigenvalue weighted by molar-refractivity contribution is 0.0559. The molecule has 2 unspecified atom stereocenters. The van der Waals surface area contributed by atoms with Gasteiger partial charge in [0.2, 0.25) is 5.96 Å². The number of halogens is 2. The number of carbonyl (C=O) groups is 1. The first-order chi connectivity index (χ1) is 12.6. The number of aromatic nitrogens is 1. The summed E-state index contributed by atoms with van der Waals surface area (Å²) in [5, 5.41) is 4.00. The average Bonchev–Trinajstić information content (AvgIpc) is 2.88. The van der Waals surface area contributed by atoms with E-state index in [4.69, 9.17) is 16.3 Å². The van der Waals surface area contributed by atoms with Gasteiger partial charge in [-0.05, 0) is 42.8 Å². The molecule has 0 fully saturated rings. The van der Waals surface area contributed by atoms with Crippen LogP contribution in [0.4, 0.5) is 4.79 Å². The lowest BCUT2D eigenvalue weighted by Crippen LogP contribution is -2.48. The van der Waals surface area contributed by atoms with Gasteiger partial charge in [0.05, 0.1) is 20.4 Å². The van der Waals surface area contributed by atoms with E-state index in [1.54, 1.807) is 34.0 Å². The highest BCUT2D eigenvalue weighted by molar-refractivity contribution is 9.10. The Labute approximate surface area is 176 Å². The van der Waals surface area contributed by atoms with Crippen molar-refractivity contribution in [1.82, 2.24) is 14.6 Å². The molecule has 146 valence electrons. The lowest BCUT2D eigenvalue weighted by atomic mass is 10.2. The molecule has 0 radical (unpaired) electrons. The van der Waals surface area contributed by atoms with Crippen molar-refractivity contribution in [3.63, 3.8) is 0 Å². The Morgan fingerprint density at radius 2 is 2.22 bits per heavy atom. The fourth-order valence-corrected chi connectivity index (χ4v) is 5.71. The van der Waals surface area contributed by atoms with Gasteiger partial charge in [-0.3, -0.25) is 9.62 Å². The molecule has 0 saturated carbocycles. The van der Waals surface area contributed by atoms with E-state index < -0.39 is 28.7 Å². The Bertz CT molecular complexity index is 957. The standard InChI is InChI=1S/C16H18BrClN4O3S2/c1-16(2,3)25-15(23)21-14-20-9(7-27(24)22(14)4)12-10(18)8-5-6-19-13(17)11(8)26-12/h5-6,9H,7H2,1-4H3,(H,20,21,23). The number of hydrogen-bond donors (Lipinski definition) is 1. The summed E-state index contributed by atoms with van der Waals surface area (Å²) in [4.78, 5) is 21.7. The molecule has 2 aromatic rings. The largest absolute Gasteiger partial charge is 0.444 e. The average molecular weight is 494 g/mol. The molecule has 3 rings (SSSR count). The minimum atomic E-state index is -1.37. The number of nitrogens with zero attached hydrogens (tertiary/aromatic N) is 3. The molecule has 0 bridgehead atoms.